The third-order valence-corrected chi connectivity index (χ3v) is 3.97. The average Bonchev–Trinajstić information content (AvgIpc) is 3.07. The predicted molar refractivity (Wildman–Crippen MR) is 99.4 cm³/mol. The number of nitrogens with one attached hydrogen (secondary N) is 2. The van der Waals surface area contributed by atoms with Gasteiger partial charge in [-0.25, -0.2) is 15.0 Å². The highest BCUT2D eigenvalue weighted by atomic mass is 16.5. The molecule has 0 aliphatic carbocycles. The fourth-order valence-electron chi connectivity index (χ4n) is 2.62. The molecule has 25 heavy (non-hydrogen) atoms. The maximum Gasteiger partial charge on any atom is 0.227 e. The summed E-state index contributed by atoms with van der Waals surface area (Å²) in [5, 5.41) is 3.28. The molecule has 2 aromatic heterocycles. The Morgan fingerprint density at radius 1 is 1.08 bits per heavy atom. The number of anilines is 2. The first kappa shape index (κ1) is 17.0. The van der Waals surface area contributed by atoms with Crippen molar-refractivity contribution in [3.8, 4) is 17.1 Å². The number of nitrogens with zero attached hydrogens (tertiary/aromatic N) is 3. The molecule has 6 nitrogen and oxygen atoms in total. The van der Waals surface area contributed by atoms with Crippen molar-refractivity contribution in [3.05, 3.63) is 47.5 Å². The molecule has 0 saturated carbocycles. The molecule has 0 fully saturated rings. The highest BCUT2D eigenvalue weighted by Gasteiger charge is 2.11. The Hall–Kier alpha value is -2.89. The largest absolute Gasteiger partial charge is 0.496 e. The lowest BCUT2D eigenvalue weighted by Crippen LogP contribution is -2.03. The summed E-state index contributed by atoms with van der Waals surface area (Å²) < 4.78 is 5.54. The Morgan fingerprint density at radius 3 is 2.36 bits per heavy atom. The van der Waals surface area contributed by atoms with Crippen molar-refractivity contribution in [1.29, 1.82) is 0 Å². The van der Waals surface area contributed by atoms with E-state index < -0.39 is 0 Å². The number of H-pyrrole nitrogens is 1. The van der Waals surface area contributed by atoms with E-state index >= 15 is 0 Å². The number of aromatic amines is 1. The van der Waals surface area contributed by atoms with Gasteiger partial charge in [-0.1, -0.05) is 13.8 Å². The quantitative estimate of drug-likeness (QED) is 0.709. The monoisotopic (exact) mass is 337 g/mol. The van der Waals surface area contributed by atoms with Gasteiger partial charge in [-0.2, -0.15) is 0 Å². The Bertz CT molecular complexity index is 850. The molecule has 0 aliphatic heterocycles. The van der Waals surface area contributed by atoms with E-state index in [1.807, 2.05) is 31.2 Å². The van der Waals surface area contributed by atoms with Crippen LogP contribution in [0.2, 0.25) is 0 Å². The topological polar surface area (TPSA) is 75.7 Å². The number of aryl methyl sites for hydroxylation is 3. The summed E-state index contributed by atoms with van der Waals surface area (Å²) in [5.41, 5.74) is 4.86. The van der Waals surface area contributed by atoms with Gasteiger partial charge >= 0.3 is 0 Å². The standard InChI is InChI=1S/C19H23N5O/c1-5-13-9-14(6-2)23-19(22-13)24-15-7-8-16(17(10-15)25-4)18-20-11-12(3)21-18/h7-11H,5-6H2,1-4H3,(H,20,21)(H,22,23,24). The van der Waals surface area contributed by atoms with Gasteiger partial charge in [0, 0.05) is 35.0 Å². The van der Waals surface area contributed by atoms with Crippen LogP contribution in [-0.2, 0) is 12.8 Å². The number of aromatic nitrogens is 4. The lowest BCUT2D eigenvalue weighted by Gasteiger charge is -2.11. The van der Waals surface area contributed by atoms with Crippen LogP contribution in [-0.4, -0.2) is 27.0 Å². The molecule has 0 spiro atoms. The number of imidazole rings is 1. The molecular formula is C19H23N5O. The summed E-state index contributed by atoms with van der Waals surface area (Å²) in [6.07, 6.45) is 3.56. The number of hydrogen-bond donors (Lipinski definition) is 2. The molecule has 0 unspecified atom stereocenters. The minimum absolute atomic E-state index is 0.611. The molecular weight excluding hydrogens is 314 g/mol. The maximum atomic E-state index is 5.54. The second kappa shape index (κ2) is 7.34. The molecule has 0 aliphatic rings. The lowest BCUT2D eigenvalue weighted by atomic mass is 10.1. The molecule has 2 N–H and O–H groups in total. The maximum absolute atomic E-state index is 5.54. The fourth-order valence-corrected chi connectivity index (χ4v) is 2.62. The molecule has 6 heteroatoms. The fraction of sp³-hybridized carbons (Fsp3) is 0.316. The minimum atomic E-state index is 0.611. The van der Waals surface area contributed by atoms with Crippen LogP contribution < -0.4 is 10.1 Å². The van der Waals surface area contributed by atoms with E-state index in [-0.39, 0.29) is 0 Å². The molecule has 0 saturated heterocycles. The first-order valence-corrected chi connectivity index (χ1v) is 8.46. The third-order valence-electron chi connectivity index (χ3n) is 3.97. The van der Waals surface area contributed by atoms with Crippen LogP contribution in [0.15, 0.2) is 30.5 Å². The number of rotatable bonds is 6. The van der Waals surface area contributed by atoms with Crippen LogP contribution in [0.5, 0.6) is 5.75 Å². The molecule has 3 aromatic rings. The van der Waals surface area contributed by atoms with Gasteiger partial charge in [0.25, 0.3) is 0 Å². The van der Waals surface area contributed by atoms with Gasteiger partial charge in [0.2, 0.25) is 5.95 Å². The van der Waals surface area contributed by atoms with Crippen LogP contribution in [0, 0.1) is 6.92 Å². The van der Waals surface area contributed by atoms with Crippen LogP contribution in [0.4, 0.5) is 11.6 Å². The number of hydrogen-bond acceptors (Lipinski definition) is 5. The Balaban J connectivity index is 1.91. The van der Waals surface area contributed by atoms with Gasteiger partial charge in [0.1, 0.15) is 11.6 Å². The summed E-state index contributed by atoms with van der Waals surface area (Å²) in [5.74, 6) is 2.14. The molecule has 3 rings (SSSR count). The van der Waals surface area contributed by atoms with Crippen molar-refractivity contribution in [2.24, 2.45) is 0 Å². The van der Waals surface area contributed by atoms with Gasteiger partial charge in [0.15, 0.2) is 0 Å². The number of ether oxygens (including phenoxy) is 1. The summed E-state index contributed by atoms with van der Waals surface area (Å²) in [7, 11) is 1.65. The van der Waals surface area contributed by atoms with Crippen molar-refractivity contribution in [2.75, 3.05) is 12.4 Å². The van der Waals surface area contributed by atoms with Gasteiger partial charge in [-0.3, -0.25) is 0 Å². The molecule has 0 atom stereocenters. The third kappa shape index (κ3) is 3.79. The van der Waals surface area contributed by atoms with Crippen LogP contribution in [0.1, 0.15) is 30.9 Å². The molecule has 0 radical (unpaired) electrons. The van der Waals surface area contributed by atoms with E-state index in [1.165, 1.54) is 0 Å². The average molecular weight is 337 g/mol. The Morgan fingerprint density at radius 2 is 1.80 bits per heavy atom. The number of methoxy groups -OCH3 is 1. The molecule has 1 aromatic carbocycles. The number of benzene rings is 1. The van der Waals surface area contributed by atoms with Gasteiger partial charge in [0.05, 0.1) is 12.7 Å². The second-order valence-electron chi connectivity index (χ2n) is 5.84. The van der Waals surface area contributed by atoms with E-state index in [4.69, 9.17) is 4.74 Å². The highest BCUT2D eigenvalue weighted by molar-refractivity contribution is 5.70. The van der Waals surface area contributed by atoms with Crippen LogP contribution >= 0.6 is 0 Å². The zero-order valence-corrected chi connectivity index (χ0v) is 15.1. The predicted octanol–water partition coefficient (Wildman–Crippen LogP) is 4.05. The molecule has 130 valence electrons. The van der Waals surface area contributed by atoms with Crippen molar-refractivity contribution in [3.63, 3.8) is 0 Å². The summed E-state index contributed by atoms with van der Waals surface area (Å²) >= 11 is 0. The lowest BCUT2D eigenvalue weighted by molar-refractivity contribution is 0.416. The van der Waals surface area contributed by atoms with E-state index in [0.717, 1.165) is 52.7 Å². The van der Waals surface area contributed by atoms with E-state index in [1.54, 1.807) is 13.3 Å². The van der Waals surface area contributed by atoms with Gasteiger partial charge in [-0.15, -0.1) is 0 Å². The van der Waals surface area contributed by atoms with Crippen LogP contribution in [0.3, 0.4) is 0 Å². The first-order valence-electron chi connectivity index (χ1n) is 8.46. The van der Waals surface area contributed by atoms with Crippen molar-refractivity contribution in [1.82, 2.24) is 19.9 Å². The first-order chi connectivity index (χ1) is 12.1. The van der Waals surface area contributed by atoms with Crippen molar-refractivity contribution >= 4 is 11.6 Å². The molecule has 0 amide bonds. The zero-order chi connectivity index (χ0) is 17.8. The highest BCUT2D eigenvalue weighted by Crippen LogP contribution is 2.31. The van der Waals surface area contributed by atoms with Gasteiger partial charge in [-0.05, 0) is 38.0 Å². The summed E-state index contributed by atoms with van der Waals surface area (Å²) in [6, 6.07) is 7.93. The normalized spacial score (nSPS) is 10.7. The summed E-state index contributed by atoms with van der Waals surface area (Å²) in [6.45, 7) is 6.16. The van der Waals surface area contributed by atoms with E-state index in [2.05, 4.69) is 39.1 Å². The SMILES string of the molecule is CCc1cc(CC)nc(Nc2ccc(-c3ncc(C)[nH]3)c(OC)c2)n1. The van der Waals surface area contributed by atoms with Gasteiger partial charge < -0.3 is 15.0 Å². The molecule has 2 heterocycles. The molecule has 0 bridgehead atoms. The van der Waals surface area contributed by atoms with E-state index in [9.17, 15) is 0 Å². The Labute approximate surface area is 147 Å². The minimum Gasteiger partial charge on any atom is -0.496 e. The Kier molecular flexibility index (Phi) is 4.97. The summed E-state index contributed by atoms with van der Waals surface area (Å²) in [4.78, 5) is 16.7. The van der Waals surface area contributed by atoms with Crippen molar-refractivity contribution < 1.29 is 4.74 Å². The van der Waals surface area contributed by atoms with E-state index in [0.29, 0.717) is 5.95 Å². The zero-order valence-electron chi connectivity index (χ0n) is 15.1. The second-order valence-corrected chi connectivity index (χ2v) is 5.84. The smallest absolute Gasteiger partial charge is 0.227 e. The van der Waals surface area contributed by atoms with Crippen molar-refractivity contribution in [2.45, 2.75) is 33.6 Å². The van der Waals surface area contributed by atoms with Crippen LogP contribution in [0.25, 0.3) is 11.4 Å².